The minimum absolute atomic E-state index is 0.0125. The fourth-order valence-corrected chi connectivity index (χ4v) is 3.26. The number of rotatable bonds is 26. The van der Waals surface area contributed by atoms with Crippen LogP contribution in [0.2, 0.25) is 0 Å². The van der Waals surface area contributed by atoms with Crippen molar-refractivity contribution < 1.29 is 69.9 Å². The van der Waals surface area contributed by atoms with E-state index in [9.17, 15) is 19.2 Å². The van der Waals surface area contributed by atoms with E-state index in [0.29, 0.717) is 25.9 Å². The van der Waals surface area contributed by atoms with Crippen LogP contribution < -0.4 is 34.0 Å². The number of aliphatic hydroxyl groups excluding tert-OH is 6. The van der Waals surface area contributed by atoms with E-state index < -0.39 is 48.3 Å². The van der Waals surface area contributed by atoms with E-state index in [0.717, 1.165) is 77.4 Å². The van der Waals surface area contributed by atoms with Gasteiger partial charge in [0, 0.05) is 25.3 Å². The topological polar surface area (TPSA) is 402 Å². The number of unbranched alkanes of at least 4 members (excludes halogenated alkanes) is 1. The fourth-order valence-electron chi connectivity index (χ4n) is 3.26. The van der Waals surface area contributed by atoms with Crippen molar-refractivity contribution in [1.82, 2.24) is 5.32 Å². The molecular formula is C29H64N6O14. The van der Waals surface area contributed by atoms with Crippen molar-refractivity contribution in [3.8, 4) is 0 Å². The predicted molar refractivity (Wildman–Crippen MR) is 179 cm³/mol. The molecule has 294 valence electrons. The van der Waals surface area contributed by atoms with Gasteiger partial charge in [0.2, 0.25) is 0 Å². The third kappa shape index (κ3) is 38.1. The summed E-state index contributed by atoms with van der Waals surface area (Å²) < 4.78 is 4.64. The van der Waals surface area contributed by atoms with Gasteiger partial charge in [-0.25, -0.2) is 19.2 Å². The SMILES string of the molecule is NCCCC(N)CCCO.NCCCC(N)CCCOC(=O)C(O)C(O)C(=O)O.NCCCCNCCCO.O=C(O)C(O)C(O)C(=O)O. The van der Waals surface area contributed by atoms with Gasteiger partial charge in [0.25, 0.3) is 0 Å². The number of aliphatic hydroxyl groups is 6. The highest BCUT2D eigenvalue weighted by atomic mass is 16.6. The first-order valence-corrected chi connectivity index (χ1v) is 16.2. The Labute approximate surface area is 287 Å². The van der Waals surface area contributed by atoms with Crippen molar-refractivity contribution >= 4 is 23.9 Å². The molecule has 6 atom stereocenters. The molecule has 49 heavy (non-hydrogen) atoms. The van der Waals surface area contributed by atoms with Crippen molar-refractivity contribution in [2.75, 3.05) is 52.5 Å². The number of ether oxygens (including phenoxy) is 1. The molecule has 0 aromatic carbocycles. The van der Waals surface area contributed by atoms with Gasteiger partial charge < -0.3 is 84.7 Å². The molecule has 0 spiro atoms. The number of nitrogens with one attached hydrogen (secondary N) is 1. The maximum absolute atomic E-state index is 11.2. The summed E-state index contributed by atoms with van der Waals surface area (Å²) >= 11 is 0. The summed E-state index contributed by atoms with van der Waals surface area (Å²) in [5, 5.41) is 79.0. The van der Waals surface area contributed by atoms with Crippen LogP contribution in [0, 0.1) is 0 Å². The van der Waals surface area contributed by atoms with Crippen LogP contribution in [0.5, 0.6) is 0 Å². The molecule has 0 aromatic heterocycles. The first kappa shape index (κ1) is 53.2. The molecule has 0 saturated heterocycles. The zero-order valence-electron chi connectivity index (χ0n) is 28.4. The number of hydrogen-bond donors (Lipinski definition) is 15. The van der Waals surface area contributed by atoms with E-state index in [4.69, 9.17) is 74.6 Å². The lowest BCUT2D eigenvalue weighted by atomic mass is 10.1. The number of carboxylic acids is 3. The molecule has 0 aliphatic carbocycles. The number of aliphatic carboxylic acids is 3. The zero-order chi connectivity index (χ0) is 38.6. The minimum atomic E-state index is -2.27. The number of carbonyl (C=O) groups is 4. The molecule has 0 aromatic rings. The van der Waals surface area contributed by atoms with E-state index >= 15 is 0 Å². The standard InChI is InChI=1S/C11H22N2O6.2C7H18N2O.C4H6O6/c12-5-1-3-7(13)4-2-6-19-11(18)9(15)8(14)10(16)17;8-5-1-3-7(9)4-2-6-10;8-4-1-2-5-9-6-3-7-10;5-1(3(7)8)2(6)4(9)10/h7-9,14-15H,1-6,12-13H2,(H,16,17);7,10H,1-6,8-9H2;9-10H,1-8H2;1-2,5-6H,(H,7,8)(H,9,10). The second-order valence-corrected chi connectivity index (χ2v) is 10.7. The largest absolute Gasteiger partial charge is 0.479 e. The van der Waals surface area contributed by atoms with Gasteiger partial charge >= 0.3 is 23.9 Å². The first-order chi connectivity index (χ1) is 23.1. The predicted octanol–water partition coefficient (Wildman–Crippen LogP) is -4.42. The monoisotopic (exact) mass is 720 g/mol. The third-order valence-corrected chi connectivity index (χ3v) is 6.17. The van der Waals surface area contributed by atoms with Gasteiger partial charge in [-0.2, -0.15) is 0 Å². The lowest BCUT2D eigenvalue weighted by Gasteiger charge is -2.14. The number of nitrogens with two attached hydrogens (primary N) is 5. The molecule has 0 heterocycles. The molecule has 0 bridgehead atoms. The summed E-state index contributed by atoms with van der Waals surface area (Å²) in [6, 6.07) is 0.201. The molecular weight excluding hydrogens is 656 g/mol. The lowest BCUT2D eigenvalue weighted by Crippen LogP contribution is -2.40. The van der Waals surface area contributed by atoms with Crippen molar-refractivity contribution in [2.24, 2.45) is 28.7 Å². The van der Waals surface area contributed by atoms with Crippen LogP contribution in [-0.2, 0) is 23.9 Å². The Morgan fingerprint density at radius 2 is 0.898 bits per heavy atom. The van der Waals surface area contributed by atoms with Crippen molar-refractivity contribution in [3.05, 3.63) is 0 Å². The second-order valence-electron chi connectivity index (χ2n) is 10.7. The highest BCUT2D eigenvalue weighted by molar-refractivity contribution is 5.84. The Morgan fingerprint density at radius 1 is 0.531 bits per heavy atom. The summed E-state index contributed by atoms with van der Waals surface area (Å²) in [4.78, 5) is 41.0. The maximum atomic E-state index is 11.2. The first-order valence-electron chi connectivity index (χ1n) is 16.2. The Kier molecular flexibility index (Phi) is 41.5. The van der Waals surface area contributed by atoms with Crippen molar-refractivity contribution in [1.29, 1.82) is 0 Å². The fraction of sp³-hybridized carbons (Fsp3) is 0.862. The van der Waals surface area contributed by atoms with Gasteiger partial charge in [-0.05, 0) is 103 Å². The molecule has 0 fully saturated rings. The second kappa shape index (κ2) is 38.2. The zero-order valence-corrected chi connectivity index (χ0v) is 28.4. The molecule has 0 radical (unpaired) electrons. The van der Waals surface area contributed by atoms with Crippen LogP contribution in [0.25, 0.3) is 0 Å². The highest BCUT2D eigenvalue weighted by Gasteiger charge is 2.31. The molecule has 0 aliphatic heterocycles. The third-order valence-electron chi connectivity index (χ3n) is 6.17. The van der Waals surface area contributed by atoms with Crippen LogP contribution in [0.15, 0.2) is 0 Å². The maximum Gasteiger partial charge on any atom is 0.338 e. The number of esters is 1. The van der Waals surface area contributed by atoms with E-state index in [1.165, 1.54) is 0 Å². The molecule has 20 heteroatoms. The summed E-state index contributed by atoms with van der Waals surface area (Å²) in [5.74, 6) is -6.39. The molecule has 20 nitrogen and oxygen atoms in total. The summed E-state index contributed by atoms with van der Waals surface area (Å²) in [5.41, 5.74) is 27.4. The van der Waals surface area contributed by atoms with E-state index in [-0.39, 0.29) is 31.9 Å². The quantitative estimate of drug-likeness (QED) is 0.0296. The van der Waals surface area contributed by atoms with E-state index in [1.54, 1.807) is 0 Å². The summed E-state index contributed by atoms with van der Waals surface area (Å²) in [6.45, 7) is 4.55. The Balaban J connectivity index is -0.000000291. The Morgan fingerprint density at radius 3 is 1.29 bits per heavy atom. The van der Waals surface area contributed by atoms with Gasteiger partial charge in [0.1, 0.15) is 0 Å². The Bertz CT molecular complexity index is 769. The van der Waals surface area contributed by atoms with E-state index in [1.807, 2.05) is 0 Å². The van der Waals surface area contributed by atoms with E-state index in [2.05, 4.69) is 10.1 Å². The molecule has 0 amide bonds. The summed E-state index contributed by atoms with van der Waals surface area (Å²) in [6.07, 6.45) is 0.716. The van der Waals surface area contributed by atoms with Crippen LogP contribution in [-0.4, -0.2) is 159 Å². The van der Waals surface area contributed by atoms with Gasteiger partial charge in [-0.1, -0.05) is 0 Å². The van der Waals surface area contributed by atoms with Gasteiger partial charge in [-0.15, -0.1) is 0 Å². The van der Waals surface area contributed by atoms with Crippen LogP contribution in [0.1, 0.15) is 70.6 Å². The lowest BCUT2D eigenvalue weighted by molar-refractivity contribution is -0.169. The number of carboxylic acid groups (broad SMARTS) is 3. The van der Waals surface area contributed by atoms with Crippen LogP contribution in [0.3, 0.4) is 0 Å². The molecule has 0 saturated carbocycles. The smallest absolute Gasteiger partial charge is 0.338 e. The Hall–Kier alpha value is -2.60. The van der Waals surface area contributed by atoms with Crippen LogP contribution in [0.4, 0.5) is 0 Å². The number of hydrogen-bond acceptors (Lipinski definition) is 17. The molecule has 0 rings (SSSR count). The molecule has 20 N–H and O–H groups in total. The average Bonchev–Trinajstić information content (AvgIpc) is 3.07. The van der Waals surface area contributed by atoms with Crippen molar-refractivity contribution in [2.45, 2.75) is 107 Å². The van der Waals surface area contributed by atoms with Crippen LogP contribution >= 0.6 is 0 Å². The molecule has 0 aliphatic rings. The average molecular weight is 721 g/mol. The highest BCUT2D eigenvalue weighted by Crippen LogP contribution is 2.04. The normalized spacial score (nSPS) is 14.1. The minimum Gasteiger partial charge on any atom is -0.479 e. The summed E-state index contributed by atoms with van der Waals surface area (Å²) in [7, 11) is 0. The molecule has 6 unspecified atom stereocenters. The number of carbonyl (C=O) groups excluding carboxylic acids is 1. The van der Waals surface area contributed by atoms with Gasteiger partial charge in [0.05, 0.1) is 6.61 Å². The van der Waals surface area contributed by atoms with Gasteiger partial charge in [-0.3, -0.25) is 0 Å². The van der Waals surface area contributed by atoms with Gasteiger partial charge in [0.15, 0.2) is 24.4 Å². The van der Waals surface area contributed by atoms with Crippen molar-refractivity contribution in [3.63, 3.8) is 0 Å².